The van der Waals surface area contributed by atoms with Gasteiger partial charge in [-0.2, -0.15) is 0 Å². The summed E-state index contributed by atoms with van der Waals surface area (Å²) in [4.78, 5) is 11.7. The summed E-state index contributed by atoms with van der Waals surface area (Å²) in [5.74, 6) is 0.505. The van der Waals surface area contributed by atoms with E-state index in [1.165, 1.54) is 11.1 Å². The highest BCUT2D eigenvalue weighted by molar-refractivity contribution is 5.97. The van der Waals surface area contributed by atoms with Crippen LogP contribution in [0.15, 0.2) is 59.0 Å². The second-order valence-corrected chi connectivity index (χ2v) is 4.92. The van der Waals surface area contributed by atoms with Crippen LogP contribution in [0.1, 0.15) is 35.0 Å². The quantitative estimate of drug-likeness (QED) is 0.644. The van der Waals surface area contributed by atoms with Gasteiger partial charge in [-0.15, -0.1) is 0 Å². The number of carbonyl (C=O) groups excluding carboxylic acids is 1. The third-order valence-corrected chi connectivity index (χ3v) is 3.43. The number of hydrogen-bond donors (Lipinski definition) is 0. The fraction of sp³-hybridized carbons (Fsp3) is 0.167. The summed E-state index contributed by atoms with van der Waals surface area (Å²) in [5, 5.41) is 0.996. The van der Waals surface area contributed by atoms with E-state index < -0.39 is 0 Å². The van der Waals surface area contributed by atoms with Crippen molar-refractivity contribution in [3.63, 3.8) is 0 Å². The smallest absolute Gasteiger partial charge is 0.197 e. The molecule has 0 saturated carbocycles. The number of hydrogen-bond acceptors (Lipinski definition) is 2. The summed E-state index contributed by atoms with van der Waals surface area (Å²) < 4.78 is 5.58. The van der Waals surface area contributed by atoms with Gasteiger partial charge < -0.3 is 4.42 Å². The standard InChI is InChI=1S/C18H16O2/c1-2-16(19)18-12-15-11-14(8-9-17(15)20-18)10-13-6-4-3-5-7-13/h3-9,11-12H,2,10H2,1H3. The van der Waals surface area contributed by atoms with Crippen LogP contribution in [0, 0.1) is 0 Å². The second kappa shape index (κ2) is 5.33. The largest absolute Gasteiger partial charge is 0.453 e. The van der Waals surface area contributed by atoms with E-state index in [1.807, 2.05) is 37.3 Å². The molecule has 0 saturated heterocycles. The van der Waals surface area contributed by atoms with Gasteiger partial charge in [-0.3, -0.25) is 4.79 Å². The Balaban J connectivity index is 1.92. The van der Waals surface area contributed by atoms with Gasteiger partial charge in [-0.05, 0) is 35.7 Å². The Bertz CT molecular complexity index is 738. The van der Waals surface area contributed by atoms with Crippen LogP contribution in [-0.4, -0.2) is 5.78 Å². The highest BCUT2D eigenvalue weighted by atomic mass is 16.3. The molecule has 100 valence electrons. The van der Waals surface area contributed by atoms with Crippen LogP contribution in [0.25, 0.3) is 11.0 Å². The van der Waals surface area contributed by atoms with E-state index in [0.717, 1.165) is 17.4 Å². The molecule has 0 N–H and O–H groups in total. The highest BCUT2D eigenvalue weighted by Gasteiger charge is 2.10. The first-order valence-corrected chi connectivity index (χ1v) is 6.86. The number of carbonyl (C=O) groups is 1. The molecule has 0 unspecified atom stereocenters. The van der Waals surface area contributed by atoms with Crippen molar-refractivity contribution in [3.8, 4) is 0 Å². The molecule has 0 bridgehead atoms. The first-order valence-electron chi connectivity index (χ1n) is 6.86. The van der Waals surface area contributed by atoms with Crippen LogP contribution in [0.2, 0.25) is 0 Å². The summed E-state index contributed by atoms with van der Waals surface area (Å²) >= 11 is 0. The lowest BCUT2D eigenvalue weighted by molar-refractivity contribution is 0.0963. The predicted molar refractivity (Wildman–Crippen MR) is 80.1 cm³/mol. The van der Waals surface area contributed by atoms with Gasteiger partial charge in [0.1, 0.15) is 5.58 Å². The molecule has 0 aliphatic heterocycles. The average molecular weight is 264 g/mol. The minimum atomic E-state index is 0.0470. The van der Waals surface area contributed by atoms with E-state index in [1.54, 1.807) is 0 Å². The Labute approximate surface area is 118 Å². The van der Waals surface area contributed by atoms with Gasteiger partial charge in [0.15, 0.2) is 11.5 Å². The molecule has 0 amide bonds. The number of Topliss-reactive ketones (excluding diaryl/α,β-unsaturated/α-hetero) is 1. The maximum absolute atomic E-state index is 11.7. The molecular weight excluding hydrogens is 248 g/mol. The van der Waals surface area contributed by atoms with Crippen LogP contribution in [0.5, 0.6) is 0 Å². The average Bonchev–Trinajstić information content (AvgIpc) is 2.90. The molecule has 2 aromatic carbocycles. The Kier molecular flexibility index (Phi) is 3.38. The van der Waals surface area contributed by atoms with E-state index in [0.29, 0.717) is 12.2 Å². The molecule has 0 aliphatic rings. The Morgan fingerprint density at radius 1 is 1.00 bits per heavy atom. The maximum Gasteiger partial charge on any atom is 0.197 e. The summed E-state index contributed by atoms with van der Waals surface area (Å²) in [7, 11) is 0. The minimum Gasteiger partial charge on any atom is -0.453 e. The lowest BCUT2D eigenvalue weighted by Gasteiger charge is -2.01. The van der Waals surface area contributed by atoms with Crippen molar-refractivity contribution in [2.24, 2.45) is 0 Å². The first kappa shape index (κ1) is 12.7. The van der Waals surface area contributed by atoms with Crippen molar-refractivity contribution in [3.05, 3.63) is 71.5 Å². The molecule has 2 nitrogen and oxygen atoms in total. The third-order valence-electron chi connectivity index (χ3n) is 3.43. The normalized spacial score (nSPS) is 10.8. The van der Waals surface area contributed by atoms with Crippen LogP contribution in [0.3, 0.4) is 0 Å². The van der Waals surface area contributed by atoms with Crippen molar-refractivity contribution in [1.29, 1.82) is 0 Å². The van der Waals surface area contributed by atoms with Crippen LogP contribution in [-0.2, 0) is 6.42 Å². The molecule has 0 radical (unpaired) electrons. The Morgan fingerprint density at radius 3 is 2.55 bits per heavy atom. The molecule has 0 aliphatic carbocycles. The van der Waals surface area contributed by atoms with Gasteiger partial charge in [0.2, 0.25) is 0 Å². The van der Waals surface area contributed by atoms with Crippen molar-refractivity contribution in [2.45, 2.75) is 19.8 Å². The van der Waals surface area contributed by atoms with Gasteiger partial charge >= 0.3 is 0 Å². The van der Waals surface area contributed by atoms with Crippen LogP contribution in [0.4, 0.5) is 0 Å². The molecule has 0 atom stereocenters. The summed E-state index contributed by atoms with van der Waals surface area (Å²) in [6.45, 7) is 1.84. The zero-order chi connectivity index (χ0) is 13.9. The fourth-order valence-corrected chi connectivity index (χ4v) is 2.35. The molecule has 1 aromatic heterocycles. The fourth-order valence-electron chi connectivity index (χ4n) is 2.35. The molecule has 3 aromatic rings. The van der Waals surface area contributed by atoms with Crippen molar-refractivity contribution < 1.29 is 9.21 Å². The van der Waals surface area contributed by atoms with E-state index in [4.69, 9.17) is 4.42 Å². The highest BCUT2D eigenvalue weighted by Crippen LogP contribution is 2.23. The maximum atomic E-state index is 11.7. The number of furan rings is 1. The lowest BCUT2D eigenvalue weighted by Crippen LogP contribution is -1.92. The molecule has 1 heterocycles. The molecule has 0 spiro atoms. The van der Waals surface area contributed by atoms with E-state index in [9.17, 15) is 4.79 Å². The zero-order valence-electron chi connectivity index (χ0n) is 11.4. The lowest BCUT2D eigenvalue weighted by atomic mass is 10.0. The number of fused-ring (bicyclic) bond motifs is 1. The number of ketones is 1. The minimum absolute atomic E-state index is 0.0470. The first-order chi connectivity index (χ1) is 9.76. The Morgan fingerprint density at radius 2 is 1.80 bits per heavy atom. The monoisotopic (exact) mass is 264 g/mol. The van der Waals surface area contributed by atoms with Gasteiger partial charge in [-0.25, -0.2) is 0 Å². The van der Waals surface area contributed by atoms with Crippen LogP contribution >= 0.6 is 0 Å². The topological polar surface area (TPSA) is 30.2 Å². The zero-order valence-corrected chi connectivity index (χ0v) is 11.4. The van der Waals surface area contributed by atoms with Gasteiger partial charge in [0.05, 0.1) is 0 Å². The van der Waals surface area contributed by atoms with Gasteiger partial charge in [0, 0.05) is 11.8 Å². The second-order valence-electron chi connectivity index (χ2n) is 4.92. The van der Waals surface area contributed by atoms with Crippen LogP contribution < -0.4 is 0 Å². The number of rotatable bonds is 4. The molecule has 20 heavy (non-hydrogen) atoms. The predicted octanol–water partition coefficient (Wildman–Crippen LogP) is 4.62. The van der Waals surface area contributed by atoms with Gasteiger partial charge in [0.25, 0.3) is 0 Å². The number of benzene rings is 2. The van der Waals surface area contributed by atoms with E-state index in [-0.39, 0.29) is 5.78 Å². The summed E-state index contributed by atoms with van der Waals surface area (Å²) in [6.07, 6.45) is 1.36. The summed E-state index contributed by atoms with van der Waals surface area (Å²) in [5.41, 5.74) is 3.28. The molecule has 0 fully saturated rings. The SMILES string of the molecule is CCC(=O)c1cc2cc(Cc3ccccc3)ccc2o1. The summed E-state index contributed by atoms with van der Waals surface area (Å²) in [6, 6.07) is 18.3. The van der Waals surface area contributed by atoms with E-state index >= 15 is 0 Å². The van der Waals surface area contributed by atoms with Crippen molar-refractivity contribution >= 4 is 16.8 Å². The van der Waals surface area contributed by atoms with Crippen molar-refractivity contribution in [1.82, 2.24) is 0 Å². The van der Waals surface area contributed by atoms with Crippen molar-refractivity contribution in [2.75, 3.05) is 0 Å². The Hall–Kier alpha value is -2.35. The molecular formula is C18H16O2. The third kappa shape index (κ3) is 2.50. The van der Waals surface area contributed by atoms with E-state index in [2.05, 4.69) is 24.3 Å². The molecule has 3 rings (SSSR count). The molecule has 2 heteroatoms. The van der Waals surface area contributed by atoms with Gasteiger partial charge in [-0.1, -0.05) is 43.3 Å².